The molecule has 2 aromatic rings. The molecule has 0 spiro atoms. The normalized spacial score (nSPS) is 11.6. The molecule has 6 nitrogen and oxygen atoms in total. The Morgan fingerprint density at radius 2 is 2.04 bits per heavy atom. The molecule has 0 heterocycles. The summed E-state index contributed by atoms with van der Waals surface area (Å²) in [6, 6.07) is 11.2. The molecule has 1 amide bonds. The lowest BCUT2D eigenvalue weighted by molar-refractivity contribution is -0.384. The van der Waals surface area contributed by atoms with E-state index in [1.165, 1.54) is 12.1 Å². The number of aryl methyl sites for hydroxylation is 1. The number of nitrogens with one attached hydrogen (secondary N) is 1. The third-order valence-electron chi connectivity index (χ3n) is 3.36. The molecule has 0 aliphatic carbocycles. The predicted octanol–water partition coefficient (Wildman–Crippen LogP) is 3.75. The summed E-state index contributed by atoms with van der Waals surface area (Å²) in [7, 11) is 0. The van der Waals surface area contributed by atoms with Gasteiger partial charge in [-0.1, -0.05) is 29.8 Å². The highest BCUT2D eigenvalue weighted by molar-refractivity contribution is 6.32. The van der Waals surface area contributed by atoms with E-state index in [0.29, 0.717) is 0 Å². The van der Waals surface area contributed by atoms with Crippen LogP contribution in [0.4, 0.5) is 5.69 Å². The van der Waals surface area contributed by atoms with Crippen LogP contribution in [0.2, 0.25) is 5.02 Å². The number of rotatable bonds is 6. The molecular formula is C17H17ClN2O4. The van der Waals surface area contributed by atoms with Gasteiger partial charge >= 0.3 is 0 Å². The summed E-state index contributed by atoms with van der Waals surface area (Å²) in [5.74, 6) is 0.330. The van der Waals surface area contributed by atoms with Gasteiger partial charge in [-0.2, -0.15) is 0 Å². The van der Waals surface area contributed by atoms with Crippen molar-refractivity contribution in [3.05, 3.63) is 68.7 Å². The number of carbonyl (C=O) groups is 1. The summed E-state index contributed by atoms with van der Waals surface area (Å²) < 4.78 is 5.67. The second-order valence-corrected chi connectivity index (χ2v) is 5.78. The molecule has 1 N–H and O–H groups in total. The van der Waals surface area contributed by atoms with Gasteiger partial charge in [0.2, 0.25) is 0 Å². The monoisotopic (exact) mass is 348 g/mol. The fourth-order valence-electron chi connectivity index (χ4n) is 2.08. The number of nitro groups is 1. The first-order valence-corrected chi connectivity index (χ1v) is 7.69. The fraction of sp³-hybridized carbons (Fsp3) is 0.235. The lowest BCUT2D eigenvalue weighted by Crippen LogP contribution is -2.36. The van der Waals surface area contributed by atoms with Crippen molar-refractivity contribution >= 4 is 23.2 Å². The van der Waals surface area contributed by atoms with Crippen molar-refractivity contribution in [3.63, 3.8) is 0 Å². The minimum absolute atomic E-state index is 0.00696. The fourth-order valence-corrected chi connectivity index (χ4v) is 2.26. The zero-order chi connectivity index (χ0) is 17.7. The maximum Gasteiger partial charge on any atom is 0.288 e. The molecule has 0 bridgehead atoms. The van der Waals surface area contributed by atoms with E-state index in [2.05, 4.69) is 5.32 Å². The maximum absolute atomic E-state index is 12.2. The summed E-state index contributed by atoms with van der Waals surface area (Å²) in [4.78, 5) is 22.4. The SMILES string of the molecule is Cc1ccccc1OC[C@H](C)NC(=O)c1ccc(Cl)c([N+](=O)[O-])c1. The number of ether oxygens (including phenoxy) is 1. The number of amides is 1. The molecular weight excluding hydrogens is 332 g/mol. The third-order valence-corrected chi connectivity index (χ3v) is 3.68. The second kappa shape index (κ2) is 7.79. The Balaban J connectivity index is 1.98. The van der Waals surface area contributed by atoms with E-state index < -0.39 is 10.8 Å². The summed E-state index contributed by atoms with van der Waals surface area (Å²) in [6.07, 6.45) is 0. The van der Waals surface area contributed by atoms with Gasteiger partial charge in [-0.3, -0.25) is 14.9 Å². The average molecular weight is 349 g/mol. The first-order chi connectivity index (χ1) is 11.4. The minimum atomic E-state index is -0.621. The molecule has 126 valence electrons. The van der Waals surface area contributed by atoms with Crippen molar-refractivity contribution < 1.29 is 14.5 Å². The molecule has 7 heteroatoms. The number of hydrogen-bond acceptors (Lipinski definition) is 4. The first kappa shape index (κ1) is 17.7. The van der Waals surface area contributed by atoms with Crippen LogP contribution in [0.1, 0.15) is 22.8 Å². The van der Waals surface area contributed by atoms with E-state index in [9.17, 15) is 14.9 Å². The van der Waals surface area contributed by atoms with Crippen LogP contribution in [-0.4, -0.2) is 23.5 Å². The Bertz CT molecular complexity index is 764. The van der Waals surface area contributed by atoms with Crippen LogP contribution in [-0.2, 0) is 0 Å². The van der Waals surface area contributed by atoms with E-state index in [1.54, 1.807) is 6.92 Å². The van der Waals surface area contributed by atoms with Gasteiger partial charge in [0.05, 0.1) is 11.0 Å². The van der Waals surface area contributed by atoms with Crippen LogP contribution in [0.15, 0.2) is 42.5 Å². The van der Waals surface area contributed by atoms with Crippen LogP contribution in [0.5, 0.6) is 5.75 Å². The van der Waals surface area contributed by atoms with Crippen LogP contribution in [0.25, 0.3) is 0 Å². The van der Waals surface area contributed by atoms with Gasteiger partial charge in [-0.05, 0) is 37.6 Å². The minimum Gasteiger partial charge on any atom is -0.491 e. The summed E-state index contributed by atoms with van der Waals surface area (Å²) in [5, 5.41) is 13.6. The summed E-state index contributed by atoms with van der Waals surface area (Å²) >= 11 is 5.74. The Kier molecular flexibility index (Phi) is 5.76. The smallest absolute Gasteiger partial charge is 0.288 e. The molecule has 2 rings (SSSR count). The molecule has 0 aliphatic heterocycles. The van der Waals surface area contributed by atoms with Crippen molar-refractivity contribution in [1.29, 1.82) is 0 Å². The molecule has 0 saturated heterocycles. The Morgan fingerprint density at radius 1 is 1.33 bits per heavy atom. The number of halogens is 1. The molecule has 0 radical (unpaired) electrons. The Hall–Kier alpha value is -2.60. The van der Waals surface area contributed by atoms with Gasteiger partial charge < -0.3 is 10.1 Å². The van der Waals surface area contributed by atoms with Crippen LogP contribution < -0.4 is 10.1 Å². The van der Waals surface area contributed by atoms with Crippen molar-refractivity contribution in [2.75, 3.05) is 6.61 Å². The number of nitro benzene ring substituents is 1. The van der Waals surface area contributed by atoms with Gasteiger partial charge in [0.1, 0.15) is 17.4 Å². The maximum atomic E-state index is 12.2. The van der Waals surface area contributed by atoms with E-state index in [0.717, 1.165) is 17.4 Å². The second-order valence-electron chi connectivity index (χ2n) is 5.37. The van der Waals surface area contributed by atoms with Crippen molar-refractivity contribution in [1.82, 2.24) is 5.32 Å². The topological polar surface area (TPSA) is 81.5 Å². The predicted molar refractivity (Wildman–Crippen MR) is 91.7 cm³/mol. The zero-order valence-electron chi connectivity index (χ0n) is 13.3. The molecule has 0 unspecified atom stereocenters. The number of hydrogen-bond donors (Lipinski definition) is 1. The van der Waals surface area contributed by atoms with Crippen LogP contribution in [0.3, 0.4) is 0 Å². The zero-order valence-corrected chi connectivity index (χ0v) is 14.0. The number of carbonyl (C=O) groups excluding carboxylic acids is 1. The highest BCUT2D eigenvalue weighted by Crippen LogP contribution is 2.25. The van der Waals surface area contributed by atoms with Crippen LogP contribution in [0, 0.1) is 17.0 Å². The third kappa shape index (κ3) is 4.45. The molecule has 0 aliphatic rings. The van der Waals surface area contributed by atoms with Crippen molar-refractivity contribution in [2.24, 2.45) is 0 Å². The Morgan fingerprint density at radius 3 is 2.71 bits per heavy atom. The van der Waals surface area contributed by atoms with Crippen molar-refractivity contribution in [3.8, 4) is 5.75 Å². The molecule has 0 fully saturated rings. The molecule has 2 aromatic carbocycles. The average Bonchev–Trinajstić information content (AvgIpc) is 2.54. The lowest BCUT2D eigenvalue weighted by atomic mass is 10.1. The first-order valence-electron chi connectivity index (χ1n) is 7.31. The highest BCUT2D eigenvalue weighted by Gasteiger charge is 2.17. The van der Waals surface area contributed by atoms with E-state index in [1.807, 2.05) is 31.2 Å². The number of benzene rings is 2. The molecule has 24 heavy (non-hydrogen) atoms. The number of nitrogens with zero attached hydrogens (tertiary/aromatic N) is 1. The van der Waals surface area contributed by atoms with Crippen molar-refractivity contribution in [2.45, 2.75) is 19.9 Å². The molecule has 0 saturated carbocycles. The van der Waals surface area contributed by atoms with Gasteiger partial charge in [0.25, 0.3) is 11.6 Å². The highest BCUT2D eigenvalue weighted by atomic mass is 35.5. The molecule has 0 aromatic heterocycles. The Labute approximate surface area is 144 Å². The van der Waals surface area contributed by atoms with Gasteiger partial charge in [-0.25, -0.2) is 0 Å². The number of para-hydroxylation sites is 1. The summed E-state index contributed by atoms with van der Waals surface area (Å²) in [5.41, 5.74) is 0.881. The van der Waals surface area contributed by atoms with E-state index >= 15 is 0 Å². The van der Waals surface area contributed by atoms with E-state index in [4.69, 9.17) is 16.3 Å². The standard InChI is InChI=1S/C17H17ClN2O4/c1-11-5-3-4-6-16(11)24-10-12(2)19-17(21)13-7-8-14(18)15(9-13)20(22)23/h3-9,12H,10H2,1-2H3,(H,19,21)/t12-/m0/s1. The quantitative estimate of drug-likeness (QED) is 0.636. The van der Waals surface area contributed by atoms with Gasteiger partial charge in [-0.15, -0.1) is 0 Å². The lowest BCUT2D eigenvalue weighted by Gasteiger charge is -2.16. The largest absolute Gasteiger partial charge is 0.491 e. The van der Waals surface area contributed by atoms with E-state index in [-0.39, 0.29) is 28.9 Å². The summed E-state index contributed by atoms with van der Waals surface area (Å²) in [6.45, 7) is 4.01. The van der Waals surface area contributed by atoms with Gasteiger partial charge in [0, 0.05) is 11.6 Å². The molecule has 1 atom stereocenters. The van der Waals surface area contributed by atoms with Crippen LogP contribution >= 0.6 is 11.6 Å². The van der Waals surface area contributed by atoms with Gasteiger partial charge in [0.15, 0.2) is 0 Å².